The Morgan fingerprint density at radius 1 is 1.11 bits per heavy atom. The van der Waals surface area contributed by atoms with Crippen LogP contribution in [0.4, 0.5) is 0 Å². The molecule has 1 N–H and O–H groups in total. The van der Waals surface area contributed by atoms with Crippen molar-refractivity contribution >= 4 is 21.6 Å². The summed E-state index contributed by atoms with van der Waals surface area (Å²) in [5, 5.41) is 4.80. The van der Waals surface area contributed by atoms with Crippen molar-refractivity contribution in [2.24, 2.45) is 0 Å². The fraction of sp³-hybridized carbons (Fsp3) is 0.188. The minimum atomic E-state index is 0.414. The van der Waals surface area contributed by atoms with E-state index < -0.39 is 0 Å². The number of hydrogen-bond acceptors (Lipinski definition) is 3. The molecule has 0 saturated heterocycles. The molecule has 3 aromatic rings. The highest BCUT2D eigenvalue weighted by atomic mass is 32.1. The number of rotatable bonds is 2. The standard InChI is InChI=1S/C16H14N2S/c1-2-6-12-11(5-1)10-17-14(12)9-16-18-13-7-3-4-8-15(13)19-16/h1-8,14,17H,9-10H2. The van der Waals surface area contributed by atoms with E-state index in [1.165, 1.54) is 20.8 Å². The van der Waals surface area contributed by atoms with Gasteiger partial charge in [0.05, 0.1) is 15.2 Å². The van der Waals surface area contributed by atoms with Gasteiger partial charge in [-0.2, -0.15) is 0 Å². The normalized spacial score (nSPS) is 17.8. The van der Waals surface area contributed by atoms with Crippen LogP contribution in [0.1, 0.15) is 22.2 Å². The first-order valence-corrected chi connectivity index (χ1v) is 7.37. The van der Waals surface area contributed by atoms with Crippen LogP contribution in [0.25, 0.3) is 10.2 Å². The third kappa shape index (κ3) is 1.95. The molecular formula is C16H14N2S. The zero-order valence-electron chi connectivity index (χ0n) is 10.5. The van der Waals surface area contributed by atoms with Gasteiger partial charge in [-0.1, -0.05) is 36.4 Å². The van der Waals surface area contributed by atoms with E-state index in [1.54, 1.807) is 0 Å². The Labute approximate surface area is 116 Å². The molecule has 0 bridgehead atoms. The van der Waals surface area contributed by atoms with Crippen molar-refractivity contribution in [3.05, 3.63) is 64.7 Å². The lowest BCUT2D eigenvalue weighted by Crippen LogP contribution is -2.14. The molecule has 1 aliphatic heterocycles. The Balaban J connectivity index is 1.65. The summed E-state index contributed by atoms with van der Waals surface area (Å²) in [6.07, 6.45) is 0.982. The van der Waals surface area contributed by atoms with Crippen molar-refractivity contribution in [2.75, 3.05) is 0 Å². The molecule has 0 amide bonds. The van der Waals surface area contributed by atoms with Gasteiger partial charge < -0.3 is 5.32 Å². The Morgan fingerprint density at radius 2 is 1.95 bits per heavy atom. The number of benzene rings is 2. The lowest BCUT2D eigenvalue weighted by Gasteiger charge is -2.09. The summed E-state index contributed by atoms with van der Waals surface area (Å²) in [5.41, 5.74) is 3.98. The summed E-state index contributed by atoms with van der Waals surface area (Å²) in [7, 11) is 0. The molecule has 1 aromatic heterocycles. The van der Waals surface area contributed by atoms with Crippen LogP contribution < -0.4 is 5.32 Å². The monoisotopic (exact) mass is 266 g/mol. The van der Waals surface area contributed by atoms with Crippen LogP contribution in [0.15, 0.2) is 48.5 Å². The van der Waals surface area contributed by atoms with E-state index >= 15 is 0 Å². The van der Waals surface area contributed by atoms with E-state index in [1.807, 2.05) is 11.3 Å². The average molecular weight is 266 g/mol. The zero-order valence-corrected chi connectivity index (χ0v) is 11.3. The molecule has 1 unspecified atom stereocenters. The van der Waals surface area contributed by atoms with Crippen LogP contribution >= 0.6 is 11.3 Å². The molecule has 0 spiro atoms. The van der Waals surface area contributed by atoms with Gasteiger partial charge >= 0.3 is 0 Å². The highest BCUT2D eigenvalue weighted by molar-refractivity contribution is 7.18. The lowest BCUT2D eigenvalue weighted by molar-refractivity contribution is 0.580. The van der Waals surface area contributed by atoms with Crippen molar-refractivity contribution < 1.29 is 0 Å². The summed E-state index contributed by atoms with van der Waals surface area (Å²) < 4.78 is 1.28. The molecule has 94 valence electrons. The third-order valence-corrected chi connectivity index (χ3v) is 4.75. The molecular weight excluding hydrogens is 252 g/mol. The van der Waals surface area contributed by atoms with Crippen LogP contribution in [0.3, 0.4) is 0 Å². The highest BCUT2D eigenvalue weighted by Crippen LogP contribution is 2.30. The van der Waals surface area contributed by atoms with E-state index in [9.17, 15) is 0 Å². The smallest absolute Gasteiger partial charge is 0.0957 e. The quantitative estimate of drug-likeness (QED) is 0.765. The maximum absolute atomic E-state index is 4.73. The fourth-order valence-electron chi connectivity index (χ4n) is 2.74. The summed E-state index contributed by atoms with van der Waals surface area (Å²) in [4.78, 5) is 4.73. The van der Waals surface area contributed by atoms with Crippen molar-refractivity contribution in [3.8, 4) is 0 Å². The average Bonchev–Trinajstić information content (AvgIpc) is 3.03. The van der Waals surface area contributed by atoms with Crippen molar-refractivity contribution in [3.63, 3.8) is 0 Å². The maximum Gasteiger partial charge on any atom is 0.0957 e. The number of hydrogen-bond donors (Lipinski definition) is 1. The minimum absolute atomic E-state index is 0.414. The fourth-order valence-corrected chi connectivity index (χ4v) is 3.75. The molecule has 0 saturated carbocycles. The molecule has 19 heavy (non-hydrogen) atoms. The number of nitrogens with one attached hydrogen (secondary N) is 1. The van der Waals surface area contributed by atoms with Gasteiger partial charge in [-0.3, -0.25) is 0 Å². The summed E-state index contributed by atoms with van der Waals surface area (Å²) in [6.45, 7) is 0.978. The molecule has 0 radical (unpaired) electrons. The number of thiazole rings is 1. The minimum Gasteiger partial charge on any atom is -0.305 e. The van der Waals surface area contributed by atoms with Crippen LogP contribution in [0.5, 0.6) is 0 Å². The van der Waals surface area contributed by atoms with Gasteiger partial charge in [0.2, 0.25) is 0 Å². The number of nitrogens with zero attached hydrogens (tertiary/aromatic N) is 1. The first-order valence-electron chi connectivity index (χ1n) is 6.56. The van der Waals surface area contributed by atoms with Gasteiger partial charge in [0.15, 0.2) is 0 Å². The topological polar surface area (TPSA) is 24.9 Å². The molecule has 2 aromatic carbocycles. The van der Waals surface area contributed by atoms with Gasteiger partial charge in [-0.15, -0.1) is 11.3 Å². The van der Waals surface area contributed by atoms with Gasteiger partial charge in [0, 0.05) is 19.0 Å². The predicted molar refractivity (Wildman–Crippen MR) is 79.3 cm³/mol. The van der Waals surface area contributed by atoms with Gasteiger partial charge in [-0.25, -0.2) is 4.98 Å². The predicted octanol–water partition coefficient (Wildman–Crippen LogP) is 3.68. The molecule has 0 fully saturated rings. The van der Waals surface area contributed by atoms with Gasteiger partial charge in [0.25, 0.3) is 0 Å². The number of fused-ring (bicyclic) bond motifs is 2. The Kier molecular flexibility index (Phi) is 2.60. The second-order valence-corrected chi connectivity index (χ2v) is 6.03. The summed E-state index contributed by atoms with van der Waals surface area (Å²) in [5.74, 6) is 0. The van der Waals surface area contributed by atoms with Crippen molar-refractivity contribution in [2.45, 2.75) is 19.0 Å². The summed E-state index contributed by atoms with van der Waals surface area (Å²) >= 11 is 1.81. The van der Waals surface area contributed by atoms with E-state index in [0.717, 1.165) is 18.5 Å². The number of aromatic nitrogens is 1. The second-order valence-electron chi connectivity index (χ2n) is 4.91. The molecule has 2 heterocycles. The van der Waals surface area contributed by atoms with E-state index in [-0.39, 0.29) is 0 Å². The van der Waals surface area contributed by atoms with Crippen LogP contribution in [0.2, 0.25) is 0 Å². The van der Waals surface area contributed by atoms with Crippen molar-refractivity contribution in [1.29, 1.82) is 0 Å². The van der Waals surface area contributed by atoms with Crippen LogP contribution in [-0.2, 0) is 13.0 Å². The first-order chi connectivity index (χ1) is 9.40. The Hall–Kier alpha value is -1.71. The van der Waals surface area contributed by atoms with Crippen molar-refractivity contribution in [1.82, 2.24) is 10.3 Å². The Bertz CT molecular complexity index is 699. The number of para-hydroxylation sites is 1. The second kappa shape index (κ2) is 4.44. The summed E-state index contributed by atoms with van der Waals surface area (Å²) in [6, 6.07) is 17.4. The van der Waals surface area contributed by atoms with E-state index in [2.05, 4.69) is 53.8 Å². The van der Waals surface area contributed by atoms with Gasteiger partial charge in [-0.05, 0) is 23.3 Å². The molecule has 2 nitrogen and oxygen atoms in total. The molecule has 1 atom stereocenters. The molecule has 4 rings (SSSR count). The molecule has 1 aliphatic rings. The van der Waals surface area contributed by atoms with E-state index in [0.29, 0.717) is 6.04 Å². The van der Waals surface area contributed by atoms with Crippen LogP contribution in [-0.4, -0.2) is 4.98 Å². The first kappa shape index (κ1) is 11.1. The maximum atomic E-state index is 4.73. The third-order valence-electron chi connectivity index (χ3n) is 3.69. The molecule has 3 heteroatoms. The highest BCUT2D eigenvalue weighted by Gasteiger charge is 2.22. The largest absolute Gasteiger partial charge is 0.305 e. The lowest BCUT2D eigenvalue weighted by atomic mass is 10.0. The van der Waals surface area contributed by atoms with Gasteiger partial charge in [0.1, 0.15) is 0 Å². The Morgan fingerprint density at radius 3 is 2.89 bits per heavy atom. The SMILES string of the molecule is c1ccc2c(c1)CNC2Cc1nc2ccccc2s1. The molecule has 0 aliphatic carbocycles. The van der Waals surface area contributed by atoms with Crippen LogP contribution in [0, 0.1) is 0 Å². The van der Waals surface area contributed by atoms with E-state index in [4.69, 9.17) is 4.98 Å². The zero-order chi connectivity index (χ0) is 12.7.